The minimum absolute atomic E-state index is 0.318. The van der Waals surface area contributed by atoms with Crippen molar-refractivity contribution in [1.29, 1.82) is 5.26 Å². The average Bonchev–Trinajstić information content (AvgIpc) is 3.05. The Morgan fingerprint density at radius 1 is 1.21 bits per heavy atom. The van der Waals surface area contributed by atoms with Gasteiger partial charge in [0.05, 0.1) is 17.4 Å². The van der Waals surface area contributed by atoms with E-state index in [1.165, 1.54) is 12.1 Å². The van der Waals surface area contributed by atoms with Crippen LogP contribution in [-0.4, -0.2) is 35.6 Å². The average molecular weight is 323 g/mol. The number of fused-ring (bicyclic) bond motifs is 1. The van der Waals surface area contributed by atoms with Gasteiger partial charge in [-0.25, -0.2) is 9.37 Å². The first-order valence-electron chi connectivity index (χ1n) is 8.23. The quantitative estimate of drug-likeness (QED) is 0.850. The Hall–Kier alpha value is -2.68. The van der Waals surface area contributed by atoms with E-state index in [9.17, 15) is 9.65 Å². The summed E-state index contributed by atoms with van der Waals surface area (Å²) in [5.41, 5.74) is 1.25. The maximum Gasteiger partial charge on any atom is 0.147 e. The fourth-order valence-electron chi connectivity index (χ4n) is 3.95. The van der Waals surface area contributed by atoms with E-state index in [1.807, 2.05) is 0 Å². The molecule has 2 fully saturated rings. The van der Waals surface area contributed by atoms with Crippen molar-refractivity contribution in [2.45, 2.75) is 18.9 Å². The Labute approximate surface area is 140 Å². The highest BCUT2D eigenvalue weighted by Gasteiger charge is 2.39. The zero-order valence-corrected chi connectivity index (χ0v) is 13.3. The molecule has 0 N–H and O–H groups in total. The second kappa shape index (κ2) is 6.08. The van der Waals surface area contributed by atoms with Gasteiger partial charge in [-0.15, -0.1) is 0 Å². The van der Waals surface area contributed by atoms with Crippen LogP contribution in [0.3, 0.4) is 0 Å². The Morgan fingerprint density at radius 2 is 2.08 bits per heavy atom. The van der Waals surface area contributed by atoms with Crippen molar-refractivity contribution in [2.75, 3.05) is 29.4 Å². The molecule has 2 aromatic rings. The molecule has 0 radical (unpaired) electrons. The van der Waals surface area contributed by atoms with E-state index < -0.39 is 0 Å². The molecule has 4 rings (SSSR count). The summed E-state index contributed by atoms with van der Waals surface area (Å²) >= 11 is 0. The van der Waals surface area contributed by atoms with Gasteiger partial charge in [0.2, 0.25) is 0 Å². The van der Waals surface area contributed by atoms with E-state index >= 15 is 0 Å². The van der Waals surface area contributed by atoms with Crippen molar-refractivity contribution < 1.29 is 4.39 Å². The first kappa shape index (κ1) is 14.9. The molecule has 5 nitrogen and oxygen atoms in total. The van der Waals surface area contributed by atoms with Crippen LogP contribution in [0.1, 0.15) is 18.4 Å². The number of hydrogen-bond donors (Lipinski definition) is 0. The highest BCUT2D eigenvalue weighted by Crippen LogP contribution is 2.37. The lowest BCUT2D eigenvalue weighted by molar-refractivity contribution is 0.389. The summed E-state index contributed by atoms with van der Waals surface area (Å²) < 4.78 is 13.4. The van der Waals surface area contributed by atoms with Gasteiger partial charge in [-0.3, -0.25) is 4.98 Å². The maximum absolute atomic E-state index is 13.4. The summed E-state index contributed by atoms with van der Waals surface area (Å²) in [4.78, 5) is 13.1. The van der Waals surface area contributed by atoms with Gasteiger partial charge in [0.15, 0.2) is 0 Å². The first-order chi connectivity index (χ1) is 11.8. The molecule has 2 unspecified atom stereocenters. The number of halogens is 1. The second-order valence-corrected chi connectivity index (χ2v) is 6.38. The van der Waals surface area contributed by atoms with Crippen LogP contribution in [0.5, 0.6) is 0 Å². The van der Waals surface area contributed by atoms with Crippen LogP contribution >= 0.6 is 0 Å². The van der Waals surface area contributed by atoms with Crippen LogP contribution in [0.15, 0.2) is 36.8 Å². The van der Waals surface area contributed by atoms with Gasteiger partial charge in [0.25, 0.3) is 0 Å². The van der Waals surface area contributed by atoms with Crippen LogP contribution in [0.4, 0.5) is 15.9 Å². The summed E-state index contributed by atoms with van der Waals surface area (Å²) in [5.74, 6) is 1.13. The molecule has 2 aliphatic rings. The zero-order valence-electron chi connectivity index (χ0n) is 13.3. The normalized spacial score (nSPS) is 23.0. The molecule has 1 aromatic carbocycles. The van der Waals surface area contributed by atoms with Crippen molar-refractivity contribution in [3.63, 3.8) is 0 Å². The monoisotopic (exact) mass is 323 g/mol. The lowest BCUT2D eigenvalue weighted by atomic mass is 9.92. The molecule has 122 valence electrons. The Morgan fingerprint density at radius 3 is 2.88 bits per heavy atom. The summed E-state index contributed by atoms with van der Waals surface area (Å²) in [6.07, 6.45) is 7.39. The predicted molar refractivity (Wildman–Crippen MR) is 89.2 cm³/mol. The molecule has 0 aliphatic carbocycles. The number of hydrogen-bond acceptors (Lipinski definition) is 5. The molecule has 24 heavy (non-hydrogen) atoms. The molecule has 0 spiro atoms. The van der Waals surface area contributed by atoms with E-state index in [1.54, 1.807) is 24.7 Å². The number of benzene rings is 1. The number of anilines is 2. The van der Waals surface area contributed by atoms with E-state index in [0.717, 1.165) is 44.0 Å². The molecule has 0 saturated carbocycles. The Balaban J connectivity index is 1.62. The largest absolute Gasteiger partial charge is 0.365 e. The molecule has 3 heterocycles. The minimum atomic E-state index is -0.365. The third-order valence-corrected chi connectivity index (χ3v) is 5.12. The number of piperidine rings is 1. The second-order valence-electron chi connectivity index (χ2n) is 6.38. The van der Waals surface area contributed by atoms with Gasteiger partial charge >= 0.3 is 0 Å². The molecule has 1 aromatic heterocycles. The number of nitriles is 1. The highest BCUT2D eigenvalue weighted by atomic mass is 19.1. The maximum atomic E-state index is 13.4. The lowest BCUT2D eigenvalue weighted by Crippen LogP contribution is -2.48. The van der Waals surface area contributed by atoms with Gasteiger partial charge in [-0.2, -0.15) is 5.26 Å². The van der Waals surface area contributed by atoms with Gasteiger partial charge < -0.3 is 9.80 Å². The number of aromatic nitrogens is 2. The van der Waals surface area contributed by atoms with Gasteiger partial charge in [-0.05, 0) is 37.0 Å². The van der Waals surface area contributed by atoms with Crippen LogP contribution in [0, 0.1) is 23.1 Å². The molecule has 2 saturated heterocycles. The fraction of sp³-hybridized carbons (Fsp3) is 0.389. The van der Waals surface area contributed by atoms with Crippen LogP contribution in [0.2, 0.25) is 0 Å². The van der Waals surface area contributed by atoms with Crippen molar-refractivity contribution in [3.05, 3.63) is 48.2 Å². The number of rotatable bonds is 2. The van der Waals surface area contributed by atoms with Crippen molar-refractivity contribution >= 4 is 11.5 Å². The van der Waals surface area contributed by atoms with Gasteiger partial charge in [0.1, 0.15) is 17.7 Å². The summed E-state index contributed by atoms with van der Waals surface area (Å²) in [5, 5.41) is 9.36. The minimum Gasteiger partial charge on any atom is -0.365 e. The van der Waals surface area contributed by atoms with E-state index in [2.05, 4.69) is 25.8 Å². The third kappa shape index (κ3) is 2.56. The summed E-state index contributed by atoms with van der Waals surface area (Å²) in [6, 6.07) is 6.95. The third-order valence-electron chi connectivity index (χ3n) is 5.12. The van der Waals surface area contributed by atoms with Crippen molar-refractivity contribution in [2.24, 2.45) is 5.92 Å². The Kier molecular flexibility index (Phi) is 3.77. The van der Waals surface area contributed by atoms with E-state index in [4.69, 9.17) is 0 Å². The van der Waals surface area contributed by atoms with Crippen LogP contribution < -0.4 is 9.80 Å². The first-order valence-corrected chi connectivity index (χ1v) is 8.23. The molecule has 6 heteroatoms. The predicted octanol–water partition coefficient (Wildman–Crippen LogP) is 2.59. The smallest absolute Gasteiger partial charge is 0.147 e. The van der Waals surface area contributed by atoms with Crippen LogP contribution in [0.25, 0.3) is 0 Å². The molecule has 2 aliphatic heterocycles. The molecular weight excluding hydrogens is 305 g/mol. The molecule has 0 bridgehead atoms. The Bertz CT molecular complexity index is 773. The standard InChI is InChI=1S/C18H18FN5/c19-15-1-2-16(14(9-15)10-20)24-8-4-13-3-7-23(12-17(13)24)18-11-21-5-6-22-18/h1-2,5-6,9,11,13,17H,3-4,7-8,12H2. The zero-order chi connectivity index (χ0) is 16.5. The highest BCUT2D eigenvalue weighted by molar-refractivity contribution is 5.61. The SMILES string of the molecule is N#Cc1cc(F)ccc1N1CCC2CCN(c3cnccn3)CC21. The molecule has 2 atom stereocenters. The summed E-state index contributed by atoms with van der Waals surface area (Å²) in [6.45, 7) is 2.73. The van der Waals surface area contributed by atoms with Crippen molar-refractivity contribution in [3.8, 4) is 6.07 Å². The van der Waals surface area contributed by atoms with Crippen molar-refractivity contribution in [1.82, 2.24) is 9.97 Å². The number of nitrogens with zero attached hydrogens (tertiary/aromatic N) is 5. The summed E-state index contributed by atoms with van der Waals surface area (Å²) in [7, 11) is 0. The topological polar surface area (TPSA) is 56.1 Å². The van der Waals surface area contributed by atoms with E-state index in [-0.39, 0.29) is 5.82 Å². The van der Waals surface area contributed by atoms with Gasteiger partial charge in [-0.1, -0.05) is 0 Å². The van der Waals surface area contributed by atoms with E-state index in [0.29, 0.717) is 17.5 Å². The lowest BCUT2D eigenvalue weighted by Gasteiger charge is -2.39. The fourth-order valence-corrected chi connectivity index (χ4v) is 3.95. The molecule has 0 amide bonds. The van der Waals surface area contributed by atoms with Crippen LogP contribution in [-0.2, 0) is 0 Å². The molecular formula is C18H18FN5. The van der Waals surface area contributed by atoms with Gasteiger partial charge in [0, 0.05) is 38.1 Å².